The van der Waals surface area contributed by atoms with Gasteiger partial charge >= 0.3 is 5.97 Å². The van der Waals surface area contributed by atoms with E-state index in [2.05, 4.69) is 17.0 Å². The molecule has 7 heteroatoms. The van der Waals surface area contributed by atoms with E-state index in [9.17, 15) is 13.2 Å². The van der Waals surface area contributed by atoms with Crippen LogP contribution in [0.1, 0.15) is 36.3 Å². The highest BCUT2D eigenvalue weighted by atomic mass is 32.2. The zero-order chi connectivity index (χ0) is 26.3. The third kappa shape index (κ3) is 6.12. The number of rotatable bonds is 10. The van der Waals surface area contributed by atoms with Gasteiger partial charge in [0.2, 0.25) is 10.0 Å². The van der Waals surface area contributed by atoms with Gasteiger partial charge in [0.25, 0.3) is 0 Å². The Morgan fingerprint density at radius 2 is 1.46 bits per heavy atom. The van der Waals surface area contributed by atoms with Crippen LogP contribution in [-0.2, 0) is 25.0 Å². The lowest BCUT2D eigenvalue weighted by Gasteiger charge is -2.40. The monoisotopic (exact) mass is 520 g/mol. The maximum Gasteiger partial charge on any atom is 0.316 e. The van der Waals surface area contributed by atoms with Crippen molar-refractivity contribution in [1.29, 1.82) is 0 Å². The summed E-state index contributed by atoms with van der Waals surface area (Å²) in [6.07, 6.45) is 2.21. The molecular formula is C30H36N2O4S. The van der Waals surface area contributed by atoms with Gasteiger partial charge in [-0.15, -0.1) is 0 Å². The molecule has 1 saturated heterocycles. The van der Waals surface area contributed by atoms with Crippen molar-refractivity contribution in [2.45, 2.75) is 35.5 Å². The van der Waals surface area contributed by atoms with E-state index in [-0.39, 0.29) is 11.9 Å². The molecule has 0 N–H and O–H groups in total. The number of piperidine rings is 1. The van der Waals surface area contributed by atoms with E-state index in [0.29, 0.717) is 24.3 Å². The van der Waals surface area contributed by atoms with Crippen molar-refractivity contribution in [3.63, 3.8) is 0 Å². The molecule has 1 aliphatic rings. The van der Waals surface area contributed by atoms with Crippen molar-refractivity contribution in [2.24, 2.45) is 0 Å². The maximum atomic E-state index is 13.2. The van der Waals surface area contributed by atoms with E-state index < -0.39 is 15.4 Å². The van der Waals surface area contributed by atoms with Crippen LogP contribution < -0.4 is 0 Å². The van der Waals surface area contributed by atoms with Gasteiger partial charge in [-0.1, -0.05) is 78.9 Å². The lowest BCUT2D eigenvalue weighted by molar-refractivity contribution is -0.149. The molecule has 0 bridgehead atoms. The molecule has 0 aliphatic carbocycles. The Labute approximate surface area is 220 Å². The SMILES string of the molecule is COC(=O)C1(c2ccccc2)CCN(CCC(CN(C)S(=O)(=O)c2ccccc2)c2ccccc2)CC1. The molecule has 0 amide bonds. The predicted octanol–water partition coefficient (Wildman–Crippen LogP) is 4.69. The number of hydrogen-bond acceptors (Lipinski definition) is 5. The molecule has 1 unspecified atom stereocenters. The van der Waals surface area contributed by atoms with Gasteiger partial charge in [-0.2, -0.15) is 0 Å². The number of carbonyl (C=O) groups excluding carboxylic acids is 1. The van der Waals surface area contributed by atoms with Gasteiger partial charge in [-0.3, -0.25) is 4.79 Å². The molecule has 0 aromatic heterocycles. The normalized spacial score (nSPS) is 16.8. The quantitative estimate of drug-likeness (QED) is 0.363. The molecule has 3 aromatic carbocycles. The summed E-state index contributed by atoms with van der Waals surface area (Å²) < 4.78 is 33.0. The number of nitrogens with zero attached hydrogens (tertiary/aromatic N) is 2. The average Bonchev–Trinajstić information content (AvgIpc) is 2.96. The number of likely N-dealkylation sites (N-methyl/N-ethyl adjacent to an activating group) is 1. The highest BCUT2D eigenvalue weighted by Gasteiger charge is 2.43. The van der Waals surface area contributed by atoms with Crippen LogP contribution in [0.2, 0.25) is 0 Å². The summed E-state index contributed by atoms with van der Waals surface area (Å²) in [6.45, 7) is 2.78. The van der Waals surface area contributed by atoms with Crippen LogP contribution >= 0.6 is 0 Å². The van der Waals surface area contributed by atoms with Crippen molar-refractivity contribution in [3.05, 3.63) is 102 Å². The minimum atomic E-state index is -3.58. The Morgan fingerprint density at radius 1 is 0.919 bits per heavy atom. The van der Waals surface area contributed by atoms with Gasteiger partial charge in [0, 0.05) is 13.6 Å². The Hall–Kier alpha value is -3.00. The standard InChI is InChI=1S/C30H36N2O4S/c1-31(37(34,35)28-16-10-5-11-17-28)24-26(25-12-6-3-7-13-25)18-21-32-22-19-30(20-23-32,29(33)36-2)27-14-8-4-9-15-27/h3-17,26H,18-24H2,1-2H3. The minimum absolute atomic E-state index is 0.0473. The van der Waals surface area contributed by atoms with Crippen LogP contribution in [0.25, 0.3) is 0 Å². The summed E-state index contributed by atoms with van der Waals surface area (Å²) in [7, 11) is -0.457. The summed E-state index contributed by atoms with van der Waals surface area (Å²) >= 11 is 0. The van der Waals surface area contributed by atoms with Crippen molar-refractivity contribution in [3.8, 4) is 0 Å². The zero-order valence-corrected chi connectivity index (χ0v) is 22.4. The fourth-order valence-electron chi connectivity index (χ4n) is 5.33. The van der Waals surface area contributed by atoms with Gasteiger partial charge in [-0.25, -0.2) is 12.7 Å². The van der Waals surface area contributed by atoms with Crippen molar-refractivity contribution in [2.75, 3.05) is 40.3 Å². The molecule has 37 heavy (non-hydrogen) atoms. The molecule has 1 fully saturated rings. The smallest absolute Gasteiger partial charge is 0.316 e. The maximum absolute atomic E-state index is 13.2. The van der Waals surface area contributed by atoms with Crippen molar-refractivity contribution >= 4 is 16.0 Å². The molecule has 3 aromatic rings. The lowest BCUT2D eigenvalue weighted by Crippen LogP contribution is -2.48. The highest BCUT2D eigenvalue weighted by molar-refractivity contribution is 7.89. The molecule has 1 heterocycles. The third-order valence-electron chi connectivity index (χ3n) is 7.61. The number of hydrogen-bond donors (Lipinski definition) is 0. The summed E-state index contributed by atoms with van der Waals surface area (Å²) in [5, 5.41) is 0. The number of benzene rings is 3. The molecule has 0 spiro atoms. The third-order valence-corrected chi connectivity index (χ3v) is 9.44. The summed E-state index contributed by atoms with van der Waals surface area (Å²) in [5.74, 6) is -0.126. The van der Waals surface area contributed by atoms with Crippen LogP contribution in [0.5, 0.6) is 0 Å². The van der Waals surface area contributed by atoms with Crippen LogP contribution in [-0.4, -0.2) is 63.9 Å². The van der Waals surface area contributed by atoms with Crippen molar-refractivity contribution < 1.29 is 17.9 Å². The van der Waals surface area contributed by atoms with E-state index in [1.54, 1.807) is 31.3 Å². The van der Waals surface area contributed by atoms with Crippen LogP contribution in [0, 0.1) is 0 Å². The van der Waals surface area contributed by atoms with Gasteiger partial charge in [0.1, 0.15) is 0 Å². The minimum Gasteiger partial charge on any atom is -0.468 e. The van der Waals surface area contributed by atoms with Gasteiger partial charge < -0.3 is 9.64 Å². The Bertz CT molecular complexity index is 1240. The topological polar surface area (TPSA) is 66.9 Å². The van der Waals surface area contributed by atoms with Crippen molar-refractivity contribution in [1.82, 2.24) is 9.21 Å². The first kappa shape index (κ1) is 27.0. The molecule has 1 atom stereocenters. The number of likely N-dealkylation sites (tertiary alicyclic amines) is 1. The molecule has 196 valence electrons. The second-order valence-corrected chi connectivity index (χ2v) is 11.8. The van der Waals surface area contributed by atoms with Crippen LogP contribution in [0.15, 0.2) is 95.9 Å². The van der Waals surface area contributed by atoms with Crippen LogP contribution in [0.3, 0.4) is 0 Å². The van der Waals surface area contributed by atoms with E-state index >= 15 is 0 Å². The Kier molecular flexibility index (Phi) is 8.79. The summed E-state index contributed by atoms with van der Waals surface area (Å²) in [6, 6.07) is 28.6. The van der Waals surface area contributed by atoms with Gasteiger partial charge in [-0.05, 0) is 68.1 Å². The highest BCUT2D eigenvalue weighted by Crippen LogP contribution is 2.37. The number of carbonyl (C=O) groups is 1. The Morgan fingerprint density at radius 3 is 2.03 bits per heavy atom. The first-order valence-corrected chi connectivity index (χ1v) is 14.2. The molecule has 4 rings (SSSR count). The Balaban J connectivity index is 1.45. The van der Waals surface area contributed by atoms with Gasteiger partial charge in [0.15, 0.2) is 0 Å². The fraction of sp³-hybridized carbons (Fsp3) is 0.367. The predicted molar refractivity (Wildman–Crippen MR) is 146 cm³/mol. The van der Waals surface area contributed by atoms with E-state index in [4.69, 9.17) is 4.74 Å². The van der Waals surface area contributed by atoms with E-state index in [1.165, 1.54) is 11.4 Å². The van der Waals surface area contributed by atoms with Gasteiger partial charge in [0.05, 0.1) is 17.4 Å². The second-order valence-electron chi connectivity index (χ2n) is 9.78. The lowest BCUT2D eigenvalue weighted by atomic mass is 9.72. The molecule has 1 aliphatic heterocycles. The summed E-state index contributed by atoms with van der Waals surface area (Å²) in [4.78, 5) is 15.6. The first-order valence-electron chi connectivity index (χ1n) is 12.8. The molecular weight excluding hydrogens is 484 g/mol. The first-order chi connectivity index (χ1) is 17.9. The average molecular weight is 521 g/mol. The fourth-order valence-corrected chi connectivity index (χ4v) is 6.57. The zero-order valence-electron chi connectivity index (χ0n) is 21.6. The number of esters is 1. The number of sulfonamides is 1. The summed E-state index contributed by atoms with van der Waals surface area (Å²) in [5.41, 5.74) is 1.52. The number of methoxy groups -OCH3 is 1. The van der Waals surface area contributed by atoms with E-state index in [0.717, 1.165) is 37.2 Å². The van der Waals surface area contributed by atoms with E-state index in [1.807, 2.05) is 54.6 Å². The molecule has 6 nitrogen and oxygen atoms in total. The molecule has 0 radical (unpaired) electrons. The second kappa shape index (κ2) is 12.0. The van der Waals surface area contributed by atoms with Crippen LogP contribution in [0.4, 0.5) is 0 Å². The molecule has 0 saturated carbocycles. The largest absolute Gasteiger partial charge is 0.468 e. The number of ether oxygens (including phenoxy) is 1.